The van der Waals surface area contributed by atoms with Gasteiger partial charge >= 0.3 is 0 Å². The molecule has 0 bridgehead atoms. The summed E-state index contributed by atoms with van der Waals surface area (Å²) in [7, 11) is 0. The van der Waals surface area contributed by atoms with Crippen LogP contribution in [0, 0.1) is 0 Å². The average Bonchev–Trinajstić information content (AvgIpc) is 2.67. The number of hydrogen-bond acceptors (Lipinski definition) is 3. The lowest BCUT2D eigenvalue weighted by Gasteiger charge is -2.19. The van der Waals surface area contributed by atoms with E-state index >= 15 is 0 Å². The normalized spacial score (nSPS) is 10.9. The molecule has 19 heavy (non-hydrogen) atoms. The topological polar surface area (TPSA) is 64.2 Å². The molecule has 1 aromatic heterocycles. The van der Waals surface area contributed by atoms with Gasteiger partial charge in [-0.05, 0) is 32.0 Å². The Balaban J connectivity index is 2.37. The van der Waals surface area contributed by atoms with Gasteiger partial charge in [0.1, 0.15) is 6.54 Å². The van der Waals surface area contributed by atoms with Crippen molar-refractivity contribution in [2.45, 2.75) is 20.4 Å². The molecule has 1 heterocycles. The first kappa shape index (κ1) is 13.7. The first-order chi connectivity index (χ1) is 9.06. The predicted octanol–water partition coefficient (Wildman–Crippen LogP) is 2.14. The third kappa shape index (κ3) is 2.66. The Kier molecular flexibility index (Phi) is 3.95. The number of hydrogen-bond donors (Lipinski definition) is 1. The van der Waals surface area contributed by atoms with E-state index in [1.165, 1.54) is 0 Å². The molecule has 0 radical (unpaired) electrons. The van der Waals surface area contributed by atoms with Crippen molar-refractivity contribution >= 4 is 34.5 Å². The maximum atomic E-state index is 12.1. The zero-order valence-electron chi connectivity index (χ0n) is 11.1. The summed E-state index contributed by atoms with van der Waals surface area (Å²) in [5.74, 6) is 0.355. The predicted molar refractivity (Wildman–Crippen MR) is 77.1 cm³/mol. The highest BCUT2D eigenvalue weighted by Gasteiger charge is 2.15. The van der Waals surface area contributed by atoms with Crippen LogP contribution in [0.25, 0.3) is 11.0 Å². The number of imidazole rings is 1. The molecule has 0 unspecified atom stereocenters. The fourth-order valence-electron chi connectivity index (χ4n) is 2.09. The highest BCUT2D eigenvalue weighted by molar-refractivity contribution is 6.31. The van der Waals surface area contributed by atoms with Crippen molar-refractivity contribution in [2.75, 3.05) is 18.8 Å². The number of nitrogen functional groups attached to an aromatic ring is 1. The summed E-state index contributed by atoms with van der Waals surface area (Å²) in [5, 5.41) is 0.601. The molecule has 1 aromatic carbocycles. The Hall–Kier alpha value is -1.75. The molecule has 0 saturated heterocycles. The molecule has 0 fully saturated rings. The number of aromatic nitrogens is 2. The molecule has 1 amide bonds. The lowest BCUT2D eigenvalue weighted by atomic mass is 10.3. The number of benzene rings is 1. The lowest BCUT2D eigenvalue weighted by molar-refractivity contribution is -0.131. The van der Waals surface area contributed by atoms with Crippen molar-refractivity contribution < 1.29 is 4.79 Å². The van der Waals surface area contributed by atoms with Crippen LogP contribution in [-0.2, 0) is 11.3 Å². The first-order valence-corrected chi connectivity index (χ1v) is 6.63. The van der Waals surface area contributed by atoms with Crippen molar-refractivity contribution in [3.05, 3.63) is 23.2 Å². The van der Waals surface area contributed by atoms with Crippen molar-refractivity contribution in [3.8, 4) is 0 Å². The second-order valence-corrected chi connectivity index (χ2v) is 4.69. The summed E-state index contributed by atoms with van der Waals surface area (Å²) in [5.41, 5.74) is 7.40. The number of halogens is 1. The van der Waals surface area contributed by atoms with Gasteiger partial charge < -0.3 is 15.2 Å². The number of rotatable bonds is 4. The second kappa shape index (κ2) is 5.48. The highest BCUT2D eigenvalue weighted by Crippen LogP contribution is 2.21. The smallest absolute Gasteiger partial charge is 0.242 e. The number of amides is 1. The van der Waals surface area contributed by atoms with E-state index in [0.29, 0.717) is 24.1 Å². The number of fused-ring (bicyclic) bond motifs is 1. The average molecular weight is 281 g/mol. The molecule has 0 aliphatic heterocycles. The molecular weight excluding hydrogens is 264 g/mol. The summed E-state index contributed by atoms with van der Waals surface area (Å²) in [6.07, 6.45) is 0. The van der Waals surface area contributed by atoms with Crippen LogP contribution in [-0.4, -0.2) is 33.4 Å². The van der Waals surface area contributed by atoms with Crippen LogP contribution >= 0.6 is 11.6 Å². The zero-order valence-corrected chi connectivity index (χ0v) is 11.8. The lowest BCUT2D eigenvalue weighted by Crippen LogP contribution is -2.33. The Morgan fingerprint density at radius 2 is 2.11 bits per heavy atom. The van der Waals surface area contributed by atoms with Gasteiger partial charge in [0.15, 0.2) is 0 Å². The van der Waals surface area contributed by atoms with Gasteiger partial charge in [0.05, 0.1) is 11.0 Å². The molecule has 0 spiro atoms. The number of nitrogens with zero attached hydrogens (tertiary/aromatic N) is 3. The second-order valence-electron chi connectivity index (χ2n) is 4.26. The molecule has 0 atom stereocenters. The molecule has 2 rings (SSSR count). The van der Waals surface area contributed by atoms with Crippen molar-refractivity contribution in [1.82, 2.24) is 14.5 Å². The summed E-state index contributed by atoms with van der Waals surface area (Å²) >= 11 is 5.98. The standard InChI is InChI=1S/C13H17ClN4O/c1-3-17(4-2)12(19)8-18-11-7-9(14)5-6-10(11)16-13(18)15/h5-7H,3-4,8H2,1-2H3,(H2,15,16). The minimum absolute atomic E-state index is 0.0241. The van der Waals surface area contributed by atoms with Gasteiger partial charge in [-0.2, -0.15) is 0 Å². The minimum Gasteiger partial charge on any atom is -0.369 e. The van der Waals surface area contributed by atoms with Gasteiger partial charge in [0.25, 0.3) is 0 Å². The number of nitrogens with two attached hydrogens (primary N) is 1. The van der Waals surface area contributed by atoms with E-state index in [4.69, 9.17) is 17.3 Å². The fourth-order valence-corrected chi connectivity index (χ4v) is 2.26. The first-order valence-electron chi connectivity index (χ1n) is 6.25. The number of likely N-dealkylation sites (N-methyl/N-ethyl adjacent to an activating group) is 1. The van der Waals surface area contributed by atoms with Crippen LogP contribution < -0.4 is 5.73 Å². The van der Waals surface area contributed by atoms with Crippen LogP contribution in [0.2, 0.25) is 5.02 Å². The van der Waals surface area contributed by atoms with Crippen molar-refractivity contribution in [3.63, 3.8) is 0 Å². The molecule has 0 aliphatic carbocycles. The monoisotopic (exact) mass is 280 g/mol. The van der Waals surface area contributed by atoms with E-state index in [1.807, 2.05) is 13.8 Å². The van der Waals surface area contributed by atoms with E-state index in [1.54, 1.807) is 27.7 Å². The van der Waals surface area contributed by atoms with E-state index in [9.17, 15) is 4.79 Å². The van der Waals surface area contributed by atoms with E-state index in [2.05, 4.69) is 4.98 Å². The minimum atomic E-state index is 0.0241. The van der Waals surface area contributed by atoms with Crippen LogP contribution in [0.4, 0.5) is 5.95 Å². The van der Waals surface area contributed by atoms with Gasteiger partial charge in [0.2, 0.25) is 11.9 Å². The highest BCUT2D eigenvalue weighted by atomic mass is 35.5. The largest absolute Gasteiger partial charge is 0.369 e. The summed E-state index contributed by atoms with van der Waals surface area (Å²) in [4.78, 5) is 18.1. The Morgan fingerprint density at radius 3 is 2.74 bits per heavy atom. The molecule has 2 N–H and O–H groups in total. The van der Waals surface area contributed by atoms with Crippen molar-refractivity contribution in [2.24, 2.45) is 0 Å². The summed E-state index contributed by atoms with van der Waals surface area (Å²) in [6, 6.07) is 5.33. The molecule has 2 aromatic rings. The Labute approximate surface area is 117 Å². The Bertz CT molecular complexity index is 604. The SMILES string of the molecule is CCN(CC)C(=O)Cn1c(N)nc2ccc(Cl)cc21. The number of anilines is 1. The van der Waals surface area contributed by atoms with Crippen LogP contribution in [0.3, 0.4) is 0 Å². The molecule has 102 valence electrons. The van der Waals surface area contributed by atoms with Gasteiger partial charge in [-0.15, -0.1) is 0 Å². The maximum Gasteiger partial charge on any atom is 0.242 e. The van der Waals surface area contributed by atoms with E-state index in [0.717, 1.165) is 11.0 Å². The van der Waals surface area contributed by atoms with Gasteiger partial charge in [0, 0.05) is 18.1 Å². The molecule has 6 heteroatoms. The fraction of sp³-hybridized carbons (Fsp3) is 0.385. The van der Waals surface area contributed by atoms with E-state index < -0.39 is 0 Å². The summed E-state index contributed by atoms with van der Waals surface area (Å²) < 4.78 is 1.70. The number of carbonyl (C=O) groups is 1. The van der Waals surface area contributed by atoms with Gasteiger partial charge in [-0.3, -0.25) is 4.79 Å². The quantitative estimate of drug-likeness (QED) is 0.933. The third-order valence-corrected chi connectivity index (χ3v) is 3.38. The van der Waals surface area contributed by atoms with Crippen molar-refractivity contribution in [1.29, 1.82) is 0 Å². The maximum absolute atomic E-state index is 12.1. The van der Waals surface area contributed by atoms with E-state index in [-0.39, 0.29) is 12.5 Å². The molecular formula is C13H17ClN4O. The Morgan fingerprint density at radius 1 is 1.42 bits per heavy atom. The zero-order chi connectivity index (χ0) is 14.0. The van der Waals surface area contributed by atoms with Gasteiger partial charge in [-0.25, -0.2) is 4.98 Å². The third-order valence-electron chi connectivity index (χ3n) is 3.15. The molecule has 0 aliphatic rings. The van der Waals surface area contributed by atoms with Gasteiger partial charge in [-0.1, -0.05) is 11.6 Å². The molecule has 5 nitrogen and oxygen atoms in total. The van der Waals surface area contributed by atoms with Crippen LogP contribution in [0.15, 0.2) is 18.2 Å². The van der Waals surface area contributed by atoms with Crippen LogP contribution in [0.1, 0.15) is 13.8 Å². The summed E-state index contributed by atoms with van der Waals surface area (Å²) in [6.45, 7) is 5.46. The van der Waals surface area contributed by atoms with Crippen LogP contribution in [0.5, 0.6) is 0 Å². The number of carbonyl (C=O) groups excluding carboxylic acids is 1. The molecule has 0 saturated carbocycles.